The lowest BCUT2D eigenvalue weighted by Crippen LogP contribution is -1.85. The highest BCUT2D eigenvalue weighted by atomic mass is 35.5. The van der Waals surface area contributed by atoms with Crippen LogP contribution >= 0.6 is 23.2 Å². The van der Waals surface area contributed by atoms with E-state index in [1.54, 1.807) is 24.3 Å². The van der Waals surface area contributed by atoms with E-state index >= 15 is 0 Å². The van der Waals surface area contributed by atoms with Crippen LogP contribution in [0.2, 0.25) is 5.02 Å². The van der Waals surface area contributed by atoms with Crippen LogP contribution in [0.4, 0.5) is 4.39 Å². The highest BCUT2D eigenvalue weighted by molar-refractivity contribution is 6.67. The maximum Gasteiger partial charge on any atom is 0.280 e. The number of halogens is 3. The Balaban J connectivity index is 3.04. The highest BCUT2D eigenvalue weighted by Crippen LogP contribution is 2.19. The van der Waals surface area contributed by atoms with Crippen molar-refractivity contribution in [1.82, 2.24) is 0 Å². The summed E-state index contributed by atoms with van der Waals surface area (Å²) in [5.41, 5.74) is 0.427. The van der Waals surface area contributed by atoms with Crippen LogP contribution in [0, 0.1) is 0 Å². The van der Waals surface area contributed by atoms with E-state index < -0.39 is 11.1 Å². The van der Waals surface area contributed by atoms with Gasteiger partial charge in [0.1, 0.15) is 0 Å². The Labute approximate surface area is 84.8 Å². The number of rotatable bonds is 2. The average Bonchev–Trinajstić information content (AvgIpc) is 2.08. The third-order valence-corrected chi connectivity index (χ3v) is 1.90. The molecule has 0 aromatic heterocycles. The largest absolute Gasteiger partial charge is 0.280 e. The fraction of sp³-hybridized carbons (Fsp3) is 0. The molecule has 0 aliphatic rings. The molecule has 0 unspecified atom stereocenters. The van der Waals surface area contributed by atoms with Gasteiger partial charge in [-0.2, -0.15) is 0 Å². The summed E-state index contributed by atoms with van der Waals surface area (Å²) >= 11 is 10.6. The van der Waals surface area contributed by atoms with Crippen LogP contribution in [0.3, 0.4) is 0 Å². The zero-order chi connectivity index (χ0) is 9.84. The van der Waals surface area contributed by atoms with E-state index in [0.717, 1.165) is 6.08 Å². The molecular weight excluding hydrogens is 214 g/mol. The van der Waals surface area contributed by atoms with Gasteiger partial charge in [0.25, 0.3) is 5.24 Å². The monoisotopic (exact) mass is 218 g/mol. The first-order valence-corrected chi connectivity index (χ1v) is 4.18. The van der Waals surface area contributed by atoms with Gasteiger partial charge in [-0.05, 0) is 29.3 Å². The Morgan fingerprint density at radius 3 is 2.54 bits per heavy atom. The zero-order valence-corrected chi connectivity index (χ0v) is 7.94. The van der Waals surface area contributed by atoms with Gasteiger partial charge in [0.2, 0.25) is 0 Å². The summed E-state index contributed by atoms with van der Waals surface area (Å²) in [6, 6.07) is 6.57. The minimum Gasteiger partial charge on any atom is -0.273 e. The van der Waals surface area contributed by atoms with Gasteiger partial charge in [-0.3, -0.25) is 4.79 Å². The predicted octanol–water partition coefficient (Wildman–Crippen LogP) is 3.42. The summed E-state index contributed by atoms with van der Waals surface area (Å²) in [5, 5.41) is -0.754. The molecular formula is C9H5Cl2FO. The molecule has 0 saturated heterocycles. The van der Waals surface area contributed by atoms with Gasteiger partial charge in [0.05, 0.1) is 0 Å². The molecule has 0 radical (unpaired) electrons. The number of hydrogen-bond donors (Lipinski definition) is 0. The highest BCUT2D eigenvalue weighted by Gasteiger charge is 2.05. The van der Waals surface area contributed by atoms with Gasteiger partial charge in [-0.1, -0.05) is 29.8 Å². The molecule has 1 aromatic carbocycles. The molecule has 0 heterocycles. The number of hydrogen-bond acceptors (Lipinski definition) is 1. The molecule has 0 aliphatic heterocycles. The van der Waals surface area contributed by atoms with Gasteiger partial charge in [0.15, 0.2) is 5.83 Å². The van der Waals surface area contributed by atoms with Crippen LogP contribution in [-0.4, -0.2) is 5.24 Å². The van der Waals surface area contributed by atoms with Gasteiger partial charge in [-0.25, -0.2) is 4.39 Å². The summed E-state index contributed by atoms with van der Waals surface area (Å²) < 4.78 is 12.7. The lowest BCUT2D eigenvalue weighted by Gasteiger charge is -1.95. The van der Waals surface area contributed by atoms with E-state index in [9.17, 15) is 9.18 Å². The summed E-state index contributed by atoms with van der Waals surface area (Å²) in [7, 11) is 0. The predicted molar refractivity (Wildman–Crippen MR) is 51.4 cm³/mol. The summed E-state index contributed by atoms with van der Waals surface area (Å²) in [6.07, 6.45) is 0.998. The van der Waals surface area contributed by atoms with Crippen molar-refractivity contribution >= 4 is 34.5 Å². The van der Waals surface area contributed by atoms with Crippen molar-refractivity contribution < 1.29 is 9.18 Å². The van der Waals surface area contributed by atoms with E-state index in [-0.39, 0.29) is 0 Å². The van der Waals surface area contributed by atoms with E-state index in [0.29, 0.717) is 10.6 Å². The van der Waals surface area contributed by atoms with Crippen LogP contribution in [0.1, 0.15) is 5.56 Å². The second kappa shape index (κ2) is 4.40. The van der Waals surface area contributed by atoms with Gasteiger partial charge >= 0.3 is 0 Å². The van der Waals surface area contributed by atoms with Crippen molar-refractivity contribution in [3.63, 3.8) is 0 Å². The van der Waals surface area contributed by atoms with Crippen molar-refractivity contribution in [2.24, 2.45) is 0 Å². The Bertz CT molecular complexity index is 360. The first-order valence-electron chi connectivity index (χ1n) is 3.43. The first-order chi connectivity index (χ1) is 6.11. The van der Waals surface area contributed by atoms with Crippen LogP contribution in [0.25, 0.3) is 6.08 Å². The molecule has 0 bridgehead atoms. The molecule has 0 spiro atoms. The fourth-order valence-electron chi connectivity index (χ4n) is 0.785. The summed E-state index contributed by atoms with van der Waals surface area (Å²) in [6.45, 7) is 0. The van der Waals surface area contributed by atoms with E-state index in [1.807, 2.05) is 0 Å². The fourth-order valence-corrected chi connectivity index (χ4v) is 1.03. The lowest BCUT2D eigenvalue weighted by molar-refractivity contribution is -0.109. The van der Waals surface area contributed by atoms with Crippen molar-refractivity contribution in [1.29, 1.82) is 0 Å². The molecule has 1 rings (SSSR count). The van der Waals surface area contributed by atoms with Crippen molar-refractivity contribution in [3.8, 4) is 0 Å². The Morgan fingerprint density at radius 1 is 1.38 bits per heavy atom. The van der Waals surface area contributed by atoms with E-state index in [4.69, 9.17) is 23.2 Å². The zero-order valence-electron chi connectivity index (χ0n) is 6.43. The molecule has 4 heteroatoms. The molecule has 0 aliphatic carbocycles. The van der Waals surface area contributed by atoms with Crippen LogP contribution in [0.15, 0.2) is 30.1 Å². The molecule has 1 nitrogen and oxygen atoms in total. The van der Waals surface area contributed by atoms with Crippen molar-refractivity contribution in [3.05, 3.63) is 40.7 Å². The third kappa shape index (κ3) is 2.83. The van der Waals surface area contributed by atoms with Crippen LogP contribution in [-0.2, 0) is 4.79 Å². The van der Waals surface area contributed by atoms with Gasteiger partial charge < -0.3 is 0 Å². The smallest absolute Gasteiger partial charge is 0.273 e. The minimum absolute atomic E-state index is 0.371. The Hall–Kier alpha value is -0.860. The maximum atomic E-state index is 12.7. The Kier molecular flexibility index (Phi) is 3.46. The second-order valence-electron chi connectivity index (χ2n) is 2.29. The molecule has 68 valence electrons. The average molecular weight is 219 g/mol. The summed E-state index contributed by atoms with van der Waals surface area (Å²) in [5.74, 6) is -1.02. The van der Waals surface area contributed by atoms with Gasteiger partial charge in [-0.15, -0.1) is 0 Å². The molecule has 0 saturated carbocycles. The third-order valence-electron chi connectivity index (χ3n) is 1.38. The molecule has 0 fully saturated rings. The number of carbonyl (C=O) groups is 1. The SMILES string of the molecule is O=C(Cl)/C(F)=C/c1ccccc1Cl. The lowest BCUT2D eigenvalue weighted by atomic mass is 10.2. The topological polar surface area (TPSA) is 17.1 Å². The van der Waals surface area contributed by atoms with Crippen molar-refractivity contribution in [2.45, 2.75) is 0 Å². The maximum absolute atomic E-state index is 12.7. The number of carbonyl (C=O) groups excluding carboxylic acids is 1. The van der Waals surface area contributed by atoms with Crippen LogP contribution in [0.5, 0.6) is 0 Å². The molecule has 1 aromatic rings. The molecule has 0 N–H and O–H groups in total. The van der Waals surface area contributed by atoms with Gasteiger partial charge in [0, 0.05) is 5.02 Å². The van der Waals surface area contributed by atoms with Crippen molar-refractivity contribution in [2.75, 3.05) is 0 Å². The molecule has 0 atom stereocenters. The molecule has 0 amide bonds. The molecule has 13 heavy (non-hydrogen) atoms. The van der Waals surface area contributed by atoms with Crippen LogP contribution < -0.4 is 0 Å². The minimum atomic E-state index is -1.13. The number of allylic oxidation sites excluding steroid dienone is 1. The number of benzene rings is 1. The Morgan fingerprint density at radius 2 is 2.00 bits per heavy atom. The van der Waals surface area contributed by atoms with E-state index in [1.165, 1.54) is 0 Å². The van der Waals surface area contributed by atoms with E-state index in [2.05, 4.69) is 0 Å². The standard InChI is InChI=1S/C9H5Cl2FO/c10-7-4-2-1-3-6(7)5-8(12)9(11)13/h1-5H/b8-5-. The second-order valence-corrected chi connectivity index (χ2v) is 3.04. The first kappa shape index (κ1) is 10.2. The normalized spacial score (nSPS) is 11.5. The summed E-state index contributed by atoms with van der Waals surface area (Å²) in [4.78, 5) is 10.3. The quantitative estimate of drug-likeness (QED) is 0.550.